The van der Waals surface area contributed by atoms with E-state index >= 15 is 0 Å². The van der Waals surface area contributed by atoms with E-state index in [4.69, 9.17) is 19.4 Å². The number of ether oxygens (including phenoxy) is 3. The van der Waals surface area contributed by atoms with Crippen LogP contribution >= 0.6 is 0 Å². The summed E-state index contributed by atoms with van der Waals surface area (Å²) in [7, 11) is 3.15. The number of carbonyl (C=O) groups excluding carboxylic acids is 1. The van der Waals surface area contributed by atoms with Crippen molar-refractivity contribution >= 4 is 11.7 Å². The molecule has 0 aromatic heterocycles. The van der Waals surface area contributed by atoms with E-state index in [1.807, 2.05) is 36.4 Å². The first-order valence-electron chi connectivity index (χ1n) is 7.80. The lowest BCUT2D eigenvalue weighted by atomic mass is 10.1. The first kappa shape index (κ1) is 18.3. The molecule has 132 valence electrons. The SMILES string of the molecule is COc1ccc(OC)c(CC/C(=N/O)C(=O)OCc2ccccc2)c1. The van der Waals surface area contributed by atoms with Gasteiger partial charge in [-0.2, -0.15) is 0 Å². The molecule has 0 aliphatic carbocycles. The van der Waals surface area contributed by atoms with Gasteiger partial charge in [0.25, 0.3) is 0 Å². The third-order valence-corrected chi connectivity index (χ3v) is 3.69. The molecule has 25 heavy (non-hydrogen) atoms. The van der Waals surface area contributed by atoms with E-state index in [2.05, 4.69) is 5.16 Å². The Balaban J connectivity index is 1.97. The van der Waals surface area contributed by atoms with Crippen molar-refractivity contribution in [1.29, 1.82) is 0 Å². The molecule has 0 aliphatic rings. The third kappa shape index (κ3) is 5.24. The summed E-state index contributed by atoms with van der Waals surface area (Å²) in [4.78, 5) is 12.1. The van der Waals surface area contributed by atoms with Crippen molar-refractivity contribution in [1.82, 2.24) is 0 Å². The van der Waals surface area contributed by atoms with E-state index < -0.39 is 5.97 Å². The molecule has 0 spiro atoms. The molecule has 6 heteroatoms. The average molecular weight is 343 g/mol. The highest BCUT2D eigenvalue weighted by Gasteiger charge is 2.16. The molecule has 0 amide bonds. The van der Waals surface area contributed by atoms with E-state index in [-0.39, 0.29) is 18.7 Å². The zero-order chi connectivity index (χ0) is 18.1. The van der Waals surface area contributed by atoms with E-state index in [1.165, 1.54) is 0 Å². The molecule has 2 aromatic carbocycles. The summed E-state index contributed by atoms with van der Waals surface area (Å²) < 4.78 is 15.7. The lowest BCUT2D eigenvalue weighted by molar-refractivity contribution is -0.137. The summed E-state index contributed by atoms with van der Waals surface area (Å²) in [6.07, 6.45) is 0.661. The molecular formula is C19H21NO5. The van der Waals surface area contributed by atoms with Gasteiger partial charge in [-0.25, -0.2) is 4.79 Å². The fraction of sp³-hybridized carbons (Fsp3) is 0.263. The van der Waals surface area contributed by atoms with Gasteiger partial charge in [0.05, 0.1) is 14.2 Å². The Bertz CT molecular complexity index is 728. The normalized spacial score (nSPS) is 11.0. The fourth-order valence-electron chi connectivity index (χ4n) is 2.33. The van der Waals surface area contributed by atoms with Gasteiger partial charge in [0.15, 0.2) is 5.71 Å². The number of oxime groups is 1. The Hall–Kier alpha value is -3.02. The maximum atomic E-state index is 12.1. The van der Waals surface area contributed by atoms with Crippen LogP contribution in [0.15, 0.2) is 53.7 Å². The fourth-order valence-corrected chi connectivity index (χ4v) is 2.33. The Morgan fingerprint density at radius 3 is 2.48 bits per heavy atom. The Morgan fingerprint density at radius 1 is 1.08 bits per heavy atom. The number of benzene rings is 2. The highest BCUT2D eigenvalue weighted by Crippen LogP contribution is 2.25. The zero-order valence-corrected chi connectivity index (χ0v) is 14.3. The van der Waals surface area contributed by atoms with Crippen LogP contribution in [0.3, 0.4) is 0 Å². The predicted octanol–water partition coefficient (Wildman–Crippen LogP) is 3.21. The van der Waals surface area contributed by atoms with E-state index in [0.29, 0.717) is 17.9 Å². The van der Waals surface area contributed by atoms with Crippen LogP contribution in [0.25, 0.3) is 0 Å². The van der Waals surface area contributed by atoms with Crippen LogP contribution in [0.1, 0.15) is 17.5 Å². The molecule has 0 bridgehead atoms. The second kappa shape index (κ2) is 9.32. The number of aryl methyl sites for hydroxylation is 1. The number of nitrogens with zero attached hydrogens (tertiary/aromatic N) is 1. The summed E-state index contributed by atoms with van der Waals surface area (Å²) in [6, 6.07) is 14.7. The van der Waals surface area contributed by atoms with Crippen molar-refractivity contribution in [3.63, 3.8) is 0 Å². The minimum atomic E-state index is -0.645. The quantitative estimate of drug-likeness (QED) is 0.345. The molecule has 0 heterocycles. The largest absolute Gasteiger partial charge is 0.497 e. The molecule has 2 aromatic rings. The highest BCUT2D eigenvalue weighted by atomic mass is 16.5. The van der Waals surface area contributed by atoms with E-state index in [1.54, 1.807) is 26.4 Å². The monoisotopic (exact) mass is 343 g/mol. The Labute approximate surface area is 146 Å². The molecule has 0 saturated heterocycles. The Kier molecular flexibility index (Phi) is 6.83. The van der Waals surface area contributed by atoms with Gasteiger partial charge in [0.2, 0.25) is 0 Å². The molecule has 0 fully saturated rings. The molecule has 6 nitrogen and oxygen atoms in total. The summed E-state index contributed by atoms with van der Waals surface area (Å²) in [6.45, 7) is 0.126. The molecule has 2 rings (SSSR count). The van der Waals surface area contributed by atoms with Crippen molar-refractivity contribution in [2.45, 2.75) is 19.4 Å². The molecule has 0 radical (unpaired) electrons. The molecular weight excluding hydrogens is 322 g/mol. The van der Waals surface area contributed by atoms with Crippen LogP contribution in [0.4, 0.5) is 0 Å². The first-order valence-corrected chi connectivity index (χ1v) is 7.80. The maximum absolute atomic E-state index is 12.1. The molecule has 0 saturated carbocycles. The predicted molar refractivity (Wildman–Crippen MR) is 93.3 cm³/mol. The lowest BCUT2D eigenvalue weighted by Crippen LogP contribution is -2.18. The van der Waals surface area contributed by atoms with Crippen molar-refractivity contribution in [3.8, 4) is 11.5 Å². The van der Waals surface area contributed by atoms with Crippen molar-refractivity contribution in [3.05, 3.63) is 59.7 Å². The van der Waals surface area contributed by atoms with Gasteiger partial charge >= 0.3 is 5.97 Å². The van der Waals surface area contributed by atoms with Crippen LogP contribution in [0.5, 0.6) is 11.5 Å². The van der Waals surface area contributed by atoms with Crippen LogP contribution in [-0.4, -0.2) is 31.1 Å². The number of rotatable bonds is 8. The number of hydrogen-bond donors (Lipinski definition) is 1. The lowest BCUT2D eigenvalue weighted by Gasteiger charge is -2.11. The molecule has 0 aliphatic heterocycles. The zero-order valence-electron chi connectivity index (χ0n) is 14.3. The van der Waals surface area contributed by atoms with Crippen LogP contribution in [-0.2, 0) is 22.6 Å². The van der Waals surface area contributed by atoms with Gasteiger partial charge in [-0.15, -0.1) is 0 Å². The number of carbonyl (C=O) groups is 1. The minimum Gasteiger partial charge on any atom is -0.497 e. The summed E-state index contributed by atoms with van der Waals surface area (Å²) in [5, 5.41) is 12.2. The van der Waals surface area contributed by atoms with Crippen LogP contribution in [0.2, 0.25) is 0 Å². The highest BCUT2D eigenvalue weighted by molar-refractivity contribution is 6.36. The number of esters is 1. The first-order chi connectivity index (χ1) is 12.2. The van der Waals surface area contributed by atoms with Gasteiger partial charge in [-0.05, 0) is 35.7 Å². The van der Waals surface area contributed by atoms with Gasteiger partial charge in [0, 0.05) is 6.42 Å². The topological polar surface area (TPSA) is 77.4 Å². The average Bonchev–Trinajstić information content (AvgIpc) is 2.67. The van der Waals surface area contributed by atoms with E-state index in [9.17, 15) is 4.79 Å². The van der Waals surface area contributed by atoms with E-state index in [0.717, 1.165) is 11.1 Å². The summed E-state index contributed by atoms with van der Waals surface area (Å²) >= 11 is 0. The van der Waals surface area contributed by atoms with Crippen molar-refractivity contribution in [2.24, 2.45) is 5.16 Å². The summed E-state index contributed by atoms with van der Waals surface area (Å²) in [5.41, 5.74) is 1.67. The Morgan fingerprint density at radius 2 is 1.84 bits per heavy atom. The maximum Gasteiger partial charge on any atom is 0.356 e. The number of methoxy groups -OCH3 is 2. The second-order valence-electron chi connectivity index (χ2n) is 5.29. The van der Waals surface area contributed by atoms with Gasteiger partial charge < -0.3 is 19.4 Å². The van der Waals surface area contributed by atoms with Gasteiger partial charge in [-0.3, -0.25) is 0 Å². The van der Waals surface area contributed by atoms with Crippen molar-refractivity contribution < 1.29 is 24.2 Å². The molecule has 0 atom stereocenters. The third-order valence-electron chi connectivity index (χ3n) is 3.69. The molecule has 0 unspecified atom stereocenters. The van der Waals surface area contributed by atoms with Crippen LogP contribution in [0, 0.1) is 0 Å². The van der Waals surface area contributed by atoms with Gasteiger partial charge in [-0.1, -0.05) is 35.5 Å². The summed E-state index contributed by atoms with van der Waals surface area (Å²) in [5.74, 6) is 0.717. The second-order valence-corrected chi connectivity index (χ2v) is 5.29. The van der Waals surface area contributed by atoms with Crippen molar-refractivity contribution in [2.75, 3.05) is 14.2 Å². The smallest absolute Gasteiger partial charge is 0.356 e. The number of hydrogen-bond acceptors (Lipinski definition) is 6. The standard InChI is InChI=1S/C19H21NO5/c1-23-16-9-11-18(24-2)15(12-16)8-10-17(20-22)19(21)25-13-14-6-4-3-5-7-14/h3-7,9,11-12,22H,8,10,13H2,1-2H3/b20-17-. The van der Waals surface area contributed by atoms with Gasteiger partial charge in [0.1, 0.15) is 18.1 Å². The van der Waals surface area contributed by atoms with Crippen LogP contribution < -0.4 is 9.47 Å². The minimum absolute atomic E-state index is 0.0409. The molecule has 1 N–H and O–H groups in total.